The minimum atomic E-state index is -0.828. The highest BCUT2D eigenvalue weighted by atomic mass is 16.6. The first-order valence-corrected chi connectivity index (χ1v) is 24.5. The molecule has 0 saturated carbocycles. The van der Waals surface area contributed by atoms with Crippen LogP contribution in [0.3, 0.4) is 0 Å². The van der Waals surface area contributed by atoms with Gasteiger partial charge in [-0.3, -0.25) is 14.4 Å². The van der Waals surface area contributed by atoms with E-state index in [-0.39, 0.29) is 44.0 Å². The Hall–Kier alpha value is -4.19. The van der Waals surface area contributed by atoms with Gasteiger partial charge in [0, 0.05) is 19.3 Å². The second kappa shape index (κ2) is 49.5. The van der Waals surface area contributed by atoms with E-state index >= 15 is 0 Å². The number of ether oxygens (including phenoxy) is 3. The maximum Gasteiger partial charge on any atom is 0.306 e. The van der Waals surface area contributed by atoms with Gasteiger partial charge in [-0.2, -0.15) is 0 Å². The predicted molar refractivity (Wildman–Crippen MR) is 265 cm³/mol. The third kappa shape index (κ3) is 46.9. The first-order chi connectivity index (χ1) is 30.5. The molecule has 0 fully saturated rings. The molecule has 0 radical (unpaired) electrons. The number of rotatable bonds is 42. The van der Waals surface area contributed by atoms with Crippen molar-refractivity contribution >= 4 is 17.9 Å². The molecule has 0 amide bonds. The van der Waals surface area contributed by atoms with Gasteiger partial charge in [-0.05, 0) is 122 Å². The van der Waals surface area contributed by atoms with Crippen molar-refractivity contribution < 1.29 is 28.6 Å². The Morgan fingerprint density at radius 2 is 0.645 bits per heavy atom. The molecule has 6 nitrogen and oxygen atoms in total. The Morgan fingerprint density at radius 1 is 0.339 bits per heavy atom. The third-order valence-corrected chi connectivity index (χ3v) is 9.68. The van der Waals surface area contributed by atoms with Gasteiger partial charge in [0.25, 0.3) is 0 Å². The van der Waals surface area contributed by atoms with Crippen molar-refractivity contribution in [1.82, 2.24) is 0 Å². The average molecular weight is 857 g/mol. The van der Waals surface area contributed by atoms with Gasteiger partial charge in [-0.25, -0.2) is 0 Å². The van der Waals surface area contributed by atoms with E-state index < -0.39 is 6.10 Å². The van der Waals surface area contributed by atoms with Crippen LogP contribution in [0.4, 0.5) is 0 Å². The van der Waals surface area contributed by atoms with Gasteiger partial charge >= 0.3 is 17.9 Å². The van der Waals surface area contributed by atoms with Crippen LogP contribution in [-0.2, 0) is 28.6 Å². The summed E-state index contributed by atoms with van der Waals surface area (Å²) in [4.78, 5) is 37.9. The number of hydrogen-bond donors (Lipinski definition) is 0. The van der Waals surface area contributed by atoms with E-state index in [9.17, 15) is 14.4 Å². The summed E-state index contributed by atoms with van der Waals surface area (Å²) in [5.41, 5.74) is 0. The van der Waals surface area contributed by atoms with Crippen molar-refractivity contribution in [1.29, 1.82) is 0 Å². The number of allylic oxidation sites excluding steroid dienone is 20. The van der Waals surface area contributed by atoms with Crippen LogP contribution in [0.25, 0.3) is 0 Å². The Kier molecular flexibility index (Phi) is 46.1. The molecule has 0 bridgehead atoms. The van der Waals surface area contributed by atoms with E-state index in [1.807, 2.05) is 0 Å². The van der Waals surface area contributed by atoms with Crippen molar-refractivity contribution in [3.63, 3.8) is 0 Å². The summed E-state index contributed by atoms with van der Waals surface area (Å²) in [5, 5.41) is 0. The molecule has 0 aliphatic heterocycles. The van der Waals surface area contributed by atoms with Gasteiger partial charge in [0.1, 0.15) is 13.2 Å². The van der Waals surface area contributed by atoms with Crippen molar-refractivity contribution in [2.75, 3.05) is 13.2 Å². The molecule has 0 spiro atoms. The lowest BCUT2D eigenvalue weighted by Gasteiger charge is -2.18. The maximum atomic E-state index is 12.8. The minimum Gasteiger partial charge on any atom is -0.462 e. The summed E-state index contributed by atoms with van der Waals surface area (Å²) < 4.78 is 16.7. The molecular formula is C56H88O6. The molecule has 0 unspecified atom stereocenters. The van der Waals surface area contributed by atoms with E-state index in [0.717, 1.165) is 109 Å². The zero-order valence-corrected chi connectivity index (χ0v) is 39.6. The zero-order valence-electron chi connectivity index (χ0n) is 39.6. The average Bonchev–Trinajstić information content (AvgIpc) is 3.27. The van der Waals surface area contributed by atoms with Crippen LogP contribution in [-0.4, -0.2) is 37.2 Å². The van der Waals surface area contributed by atoms with Gasteiger partial charge in [-0.1, -0.05) is 174 Å². The van der Waals surface area contributed by atoms with E-state index in [0.29, 0.717) is 19.3 Å². The minimum absolute atomic E-state index is 0.121. The zero-order chi connectivity index (χ0) is 45.1. The maximum absolute atomic E-state index is 12.8. The number of hydrogen-bond acceptors (Lipinski definition) is 6. The molecule has 6 heteroatoms. The SMILES string of the molecule is CC/C=C\C/C=C\C/C=C\C/C=C\C/C=C\CCCC(=O)OC[C@@H](COC(=O)CCCCCCC/C=C\CCCCC)OC(=O)CCCC/C=C\C/C=C\C/C=C\C/C=C\CC. The molecule has 0 saturated heterocycles. The van der Waals surface area contributed by atoms with Crippen LogP contribution in [0.1, 0.15) is 194 Å². The Bertz CT molecular complexity index is 1350. The monoisotopic (exact) mass is 857 g/mol. The van der Waals surface area contributed by atoms with E-state index in [4.69, 9.17) is 14.2 Å². The second-order valence-electron chi connectivity index (χ2n) is 15.6. The quantitative estimate of drug-likeness (QED) is 0.0263. The summed E-state index contributed by atoms with van der Waals surface area (Å²) in [6, 6.07) is 0. The fourth-order valence-corrected chi connectivity index (χ4v) is 6.05. The lowest BCUT2D eigenvalue weighted by molar-refractivity contribution is -0.167. The van der Waals surface area contributed by atoms with Crippen molar-refractivity contribution in [2.24, 2.45) is 0 Å². The lowest BCUT2D eigenvalue weighted by atomic mass is 10.1. The molecule has 0 rings (SSSR count). The molecule has 348 valence electrons. The molecule has 0 aromatic rings. The molecule has 0 aromatic carbocycles. The van der Waals surface area contributed by atoms with Crippen molar-refractivity contribution in [3.8, 4) is 0 Å². The predicted octanol–water partition coefficient (Wildman–Crippen LogP) is 16.1. The molecule has 1 atom stereocenters. The fraction of sp³-hybridized carbons (Fsp3) is 0.589. The summed E-state index contributed by atoms with van der Waals surface area (Å²) in [6.45, 7) is 6.26. The van der Waals surface area contributed by atoms with Crippen LogP contribution >= 0.6 is 0 Å². The standard InChI is InChI=1S/C56H88O6/c1-4-7-10-13-16-19-22-25-27-28-30-31-34-37-40-43-46-49-55(58)61-52-53(51-60-54(57)48-45-42-39-36-33-24-21-18-15-12-9-6-3)62-56(59)50-47-44-41-38-35-32-29-26-23-20-17-14-11-8-5-2/h7-8,10-11,16-21,25-27,29-31,35,37-38,40,53H,4-6,9,12-15,22-24,28,32-34,36,39,41-52H2,1-3H3/b10-7-,11-8-,19-16-,20-17-,21-18-,27-25-,29-26-,31-30-,38-35-,40-37-/t53-/m1/s1. The molecular weight excluding hydrogens is 769 g/mol. The van der Waals surface area contributed by atoms with Crippen molar-refractivity contribution in [3.05, 3.63) is 122 Å². The first-order valence-electron chi connectivity index (χ1n) is 24.5. The van der Waals surface area contributed by atoms with Gasteiger partial charge in [0.05, 0.1) is 0 Å². The lowest BCUT2D eigenvalue weighted by Crippen LogP contribution is -2.30. The Labute approximate surface area is 380 Å². The molecule has 0 N–H and O–H groups in total. The van der Waals surface area contributed by atoms with Crippen molar-refractivity contribution in [2.45, 2.75) is 200 Å². The topological polar surface area (TPSA) is 78.9 Å². The van der Waals surface area contributed by atoms with Crippen LogP contribution in [0.2, 0.25) is 0 Å². The van der Waals surface area contributed by atoms with Crippen LogP contribution in [0, 0.1) is 0 Å². The highest BCUT2D eigenvalue weighted by Crippen LogP contribution is 2.11. The van der Waals surface area contributed by atoms with Gasteiger partial charge < -0.3 is 14.2 Å². The number of esters is 3. The molecule has 0 aromatic heterocycles. The number of unbranched alkanes of at least 4 members (excludes halogenated alkanes) is 11. The van der Waals surface area contributed by atoms with Crippen LogP contribution < -0.4 is 0 Å². The summed E-state index contributed by atoms with van der Waals surface area (Å²) >= 11 is 0. The third-order valence-electron chi connectivity index (χ3n) is 9.68. The highest BCUT2D eigenvalue weighted by Gasteiger charge is 2.19. The molecule has 0 aliphatic carbocycles. The van der Waals surface area contributed by atoms with Crippen LogP contribution in [0.5, 0.6) is 0 Å². The van der Waals surface area contributed by atoms with E-state index in [1.165, 1.54) is 32.1 Å². The second-order valence-corrected chi connectivity index (χ2v) is 15.6. The Morgan fingerprint density at radius 3 is 1.10 bits per heavy atom. The largest absolute Gasteiger partial charge is 0.462 e. The first kappa shape index (κ1) is 57.8. The highest BCUT2D eigenvalue weighted by molar-refractivity contribution is 5.71. The van der Waals surface area contributed by atoms with E-state index in [2.05, 4.69) is 142 Å². The van der Waals surface area contributed by atoms with Gasteiger partial charge in [0.15, 0.2) is 6.10 Å². The summed E-state index contributed by atoms with van der Waals surface area (Å²) in [6.07, 6.45) is 67.6. The van der Waals surface area contributed by atoms with Crippen LogP contribution in [0.15, 0.2) is 122 Å². The normalized spacial score (nSPS) is 13.1. The summed E-state index contributed by atoms with van der Waals surface area (Å²) in [5.74, 6) is -1.04. The summed E-state index contributed by atoms with van der Waals surface area (Å²) in [7, 11) is 0. The van der Waals surface area contributed by atoms with Gasteiger partial charge in [-0.15, -0.1) is 0 Å². The fourth-order valence-electron chi connectivity index (χ4n) is 6.05. The Balaban J connectivity index is 4.58. The van der Waals surface area contributed by atoms with Gasteiger partial charge in [0.2, 0.25) is 0 Å². The number of carbonyl (C=O) groups is 3. The molecule has 62 heavy (non-hydrogen) atoms. The number of carbonyl (C=O) groups excluding carboxylic acids is 3. The molecule has 0 aliphatic rings. The smallest absolute Gasteiger partial charge is 0.306 e. The van der Waals surface area contributed by atoms with E-state index in [1.54, 1.807) is 0 Å². The molecule has 0 heterocycles.